The Morgan fingerprint density at radius 3 is 2.44 bits per heavy atom. The number of methoxy groups -OCH3 is 1. The summed E-state index contributed by atoms with van der Waals surface area (Å²) in [5.74, 6) is -0.558. The summed E-state index contributed by atoms with van der Waals surface area (Å²) in [6.07, 6.45) is 0.955. The summed E-state index contributed by atoms with van der Waals surface area (Å²) < 4.78 is 40.7. The SMILES string of the molecule is CN=C(OC)c1ccc(S(C)(=O)=O)c(F)c1. The molecule has 88 valence electrons. The van der Waals surface area contributed by atoms with Crippen molar-refractivity contribution in [1.82, 2.24) is 0 Å². The molecular formula is C10H12FNO3S. The lowest BCUT2D eigenvalue weighted by Crippen LogP contribution is -2.06. The van der Waals surface area contributed by atoms with E-state index >= 15 is 0 Å². The van der Waals surface area contributed by atoms with Crippen LogP contribution in [0.25, 0.3) is 0 Å². The zero-order chi connectivity index (χ0) is 12.3. The maximum absolute atomic E-state index is 13.5. The third-order valence-electron chi connectivity index (χ3n) is 1.97. The lowest BCUT2D eigenvalue weighted by atomic mass is 10.2. The van der Waals surface area contributed by atoms with Gasteiger partial charge in [0.2, 0.25) is 5.90 Å². The zero-order valence-corrected chi connectivity index (χ0v) is 10.0. The fraction of sp³-hybridized carbons (Fsp3) is 0.300. The van der Waals surface area contributed by atoms with E-state index in [1.54, 1.807) is 0 Å². The number of hydrogen-bond acceptors (Lipinski definition) is 4. The molecule has 0 amide bonds. The van der Waals surface area contributed by atoms with Crippen molar-refractivity contribution in [2.75, 3.05) is 20.4 Å². The molecule has 0 N–H and O–H groups in total. The molecule has 0 saturated heterocycles. The predicted molar refractivity (Wildman–Crippen MR) is 59.0 cm³/mol. The molecule has 1 aromatic rings. The summed E-state index contributed by atoms with van der Waals surface area (Å²) in [6.45, 7) is 0. The second kappa shape index (κ2) is 4.61. The van der Waals surface area contributed by atoms with E-state index in [0.717, 1.165) is 12.3 Å². The summed E-state index contributed by atoms with van der Waals surface area (Å²) in [4.78, 5) is 3.46. The van der Waals surface area contributed by atoms with Crippen LogP contribution in [-0.4, -0.2) is 34.7 Å². The van der Waals surface area contributed by atoms with E-state index in [4.69, 9.17) is 4.74 Å². The smallest absolute Gasteiger partial charge is 0.215 e. The van der Waals surface area contributed by atoms with Crippen LogP contribution in [0.2, 0.25) is 0 Å². The summed E-state index contributed by atoms with van der Waals surface area (Å²) >= 11 is 0. The van der Waals surface area contributed by atoms with Gasteiger partial charge in [0.15, 0.2) is 9.84 Å². The van der Waals surface area contributed by atoms with Crippen molar-refractivity contribution in [1.29, 1.82) is 0 Å². The molecule has 0 atom stereocenters. The highest BCUT2D eigenvalue weighted by Gasteiger charge is 2.15. The van der Waals surface area contributed by atoms with Crippen molar-refractivity contribution in [2.24, 2.45) is 4.99 Å². The van der Waals surface area contributed by atoms with E-state index in [1.807, 2.05) is 0 Å². The minimum absolute atomic E-state index is 0.249. The third kappa shape index (κ3) is 2.57. The summed E-state index contributed by atoms with van der Waals surface area (Å²) in [7, 11) is -0.636. The first-order valence-corrected chi connectivity index (χ1v) is 6.30. The summed E-state index contributed by atoms with van der Waals surface area (Å²) in [5, 5.41) is 0. The third-order valence-corrected chi connectivity index (χ3v) is 3.10. The highest BCUT2D eigenvalue weighted by molar-refractivity contribution is 7.90. The van der Waals surface area contributed by atoms with Crippen LogP contribution >= 0.6 is 0 Å². The minimum Gasteiger partial charge on any atom is -0.481 e. The van der Waals surface area contributed by atoms with Gasteiger partial charge in [0, 0.05) is 18.9 Å². The Labute approximate surface area is 93.7 Å². The van der Waals surface area contributed by atoms with Crippen LogP contribution in [0.3, 0.4) is 0 Å². The second-order valence-electron chi connectivity index (χ2n) is 3.15. The highest BCUT2D eigenvalue weighted by Crippen LogP contribution is 2.16. The molecular weight excluding hydrogens is 233 g/mol. The molecule has 0 aliphatic rings. The number of nitrogens with zero attached hydrogens (tertiary/aromatic N) is 1. The van der Waals surface area contributed by atoms with Crippen molar-refractivity contribution in [3.05, 3.63) is 29.6 Å². The lowest BCUT2D eigenvalue weighted by molar-refractivity contribution is 0.403. The van der Waals surface area contributed by atoms with Gasteiger partial charge in [-0.15, -0.1) is 0 Å². The molecule has 1 aromatic carbocycles. The van der Waals surface area contributed by atoms with Gasteiger partial charge in [0.25, 0.3) is 0 Å². The maximum atomic E-state index is 13.5. The van der Waals surface area contributed by atoms with Crippen molar-refractivity contribution in [3.8, 4) is 0 Å². The van der Waals surface area contributed by atoms with Gasteiger partial charge in [-0.1, -0.05) is 0 Å². The van der Waals surface area contributed by atoms with Crippen LogP contribution in [0.1, 0.15) is 5.56 Å². The first-order valence-electron chi connectivity index (χ1n) is 4.41. The number of benzene rings is 1. The van der Waals surface area contributed by atoms with Crippen LogP contribution in [0.15, 0.2) is 28.1 Å². The first kappa shape index (κ1) is 12.6. The first-order chi connectivity index (χ1) is 7.40. The number of halogens is 1. The quantitative estimate of drug-likeness (QED) is 0.582. The Morgan fingerprint density at radius 1 is 1.44 bits per heavy atom. The number of rotatable bonds is 2. The van der Waals surface area contributed by atoms with E-state index < -0.39 is 15.7 Å². The molecule has 0 saturated carbocycles. The highest BCUT2D eigenvalue weighted by atomic mass is 32.2. The van der Waals surface area contributed by atoms with Gasteiger partial charge >= 0.3 is 0 Å². The molecule has 0 aliphatic carbocycles. The van der Waals surface area contributed by atoms with Crippen LogP contribution in [0, 0.1) is 5.82 Å². The van der Waals surface area contributed by atoms with Crippen LogP contribution < -0.4 is 0 Å². The standard InChI is InChI=1S/C10H12FNO3S/c1-12-10(15-2)7-4-5-9(8(11)6-7)16(3,13)14/h4-6H,1-3H3. The van der Waals surface area contributed by atoms with E-state index in [-0.39, 0.29) is 10.8 Å². The number of sulfone groups is 1. The topological polar surface area (TPSA) is 55.7 Å². The molecule has 0 radical (unpaired) electrons. The number of aliphatic imine (C=N–C) groups is 1. The Kier molecular flexibility index (Phi) is 3.64. The largest absolute Gasteiger partial charge is 0.481 e. The van der Waals surface area contributed by atoms with Gasteiger partial charge in [-0.25, -0.2) is 12.8 Å². The van der Waals surface area contributed by atoms with Crippen LogP contribution in [-0.2, 0) is 14.6 Å². The maximum Gasteiger partial charge on any atom is 0.215 e. The number of ether oxygens (including phenoxy) is 1. The molecule has 0 bridgehead atoms. The van der Waals surface area contributed by atoms with Gasteiger partial charge in [-0.3, -0.25) is 4.99 Å². The molecule has 4 nitrogen and oxygen atoms in total. The Bertz CT molecular complexity index is 523. The van der Waals surface area contributed by atoms with Gasteiger partial charge in [-0.05, 0) is 18.2 Å². The van der Waals surface area contributed by atoms with Crippen LogP contribution in [0.5, 0.6) is 0 Å². The fourth-order valence-electron chi connectivity index (χ4n) is 1.27. The zero-order valence-electron chi connectivity index (χ0n) is 9.19. The number of hydrogen-bond donors (Lipinski definition) is 0. The lowest BCUT2D eigenvalue weighted by Gasteiger charge is -2.06. The Morgan fingerprint density at radius 2 is 2.06 bits per heavy atom. The van der Waals surface area contributed by atoms with Gasteiger partial charge < -0.3 is 4.74 Å². The normalized spacial score (nSPS) is 12.6. The molecule has 0 aromatic heterocycles. The van der Waals surface area contributed by atoms with Crippen molar-refractivity contribution in [2.45, 2.75) is 4.90 Å². The second-order valence-corrected chi connectivity index (χ2v) is 5.13. The molecule has 0 spiro atoms. The van der Waals surface area contributed by atoms with Gasteiger partial charge in [0.05, 0.1) is 7.11 Å². The molecule has 16 heavy (non-hydrogen) atoms. The molecule has 0 aliphatic heterocycles. The van der Waals surface area contributed by atoms with Crippen molar-refractivity contribution >= 4 is 15.7 Å². The average Bonchev–Trinajstić information content (AvgIpc) is 2.17. The predicted octanol–water partition coefficient (Wildman–Crippen LogP) is 1.25. The Balaban J connectivity index is 3.30. The van der Waals surface area contributed by atoms with E-state index in [1.165, 1.54) is 26.3 Å². The van der Waals surface area contributed by atoms with Crippen molar-refractivity contribution in [3.63, 3.8) is 0 Å². The van der Waals surface area contributed by atoms with Crippen molar-refractivity contribution < 1.29 is 17.5 Å². The summed E-state index contributed by atoms with van der Waals surface area (Å²) in [5.41, 5.74) is 0.398. The summed E-state index contributed by atoms with van der Waals surface area (Å²) in [6, 6.07) is 3.73. The average molecular weight is 245 g/mol. The molecule has 0 fully saturated rings. The van der Waals surface area contributed by atoms with E-state index in [2.05, 4.69) is 4.99 Å². The van der Waals surface area contributed by atoms with Gasteiger partial charge in [0.1, 0.15) is 10.7 Å². The molecule has 0 unspecified atom stereocenters. The van der Waals surface area contributed by atoms with E-state index in [0.29, 0.717) is 5.56 Å². The molecule has 0 heterocycles. The minimum atomic E-state index is -3.55. The van der Waals surface area contributed by atoms with Crippen LogP contribution in [0.4, 0.5) is 4.39 Å². The fourth-order valence-corrected chi connectivity index (χ4v) is 2.00. The van der Waals surface area contributed by atoms with E-state index in [9.17, 15) is 12.8 Å². The monoisotopic (exact) mass is 245 g/mol. The molecule has 6 heteroatoms. The Hall–Kier alpha value is -1.43. The van der Waals surface area contributed by atoms with Gasteiger partial charge in [-0.2, -0.15) is 0 Å². The molecule has 1 rings (SSSR count).